The molecule has 0 saturated carbocycles. The van der Waals surface area contributed by atoms with Gasteiger partial charge in [-0.25, -0.2) is 0 Å². The number of amides is 2. The molecule has 7 heteroatoms. The standard InChI is InChI=1S/C18H20Cl2N2O3/c19-15-6-5-12(11-16(15)20)21-17(23)13-3-1-2-4-14(13)18(24)22-7-9-25-10-8-22/h1-2,5-6,11,13-14H,3-4,7-10H2,(H,21,23)/t13-,14+/m1/s1. The molecular formula is C18H20Cl2N2O3. The average Bonchev–Trinajstić information content (AvgIpc) is 2.65. The van der Waals surface area contributed by atoms with Crippen molar-refractivity contribution in [3.8, 4) is 0 Å². The molecule has 1 aliphatic heterocycles. The Balaban J connectivity index is 1.71. The van der Waals surface area contributed by atoms with E-state index >= 15 is 0 Å². The van der Waals surface area contributed by atoms with Crippen LogP contribution in [0.3, 0.4) is 0 Å². The van der Waals surface area contributed by atoms with E-state index in [4.69, 9.17) is 27.9 Å². The molecule has 0 radical (unpaired) electrons. The lowest BCUT2D eigenvalue weighted by Crippen LogP contribution is -2.47. The van der Waals surface area contributed by atoms with E-state index in [1.807, 2.05) is 12.2 Å². The van der Waals surface area contributed by atoms with Crippen LogP contribution in [0.2, 0.25) is 10.0 Å². The second kappa shape index (κ2) is 8.21. The van der Waals surface area contributed by atoms with Gasteiger partial charge >= 0.3 is 0 Å². The van der Waals surface area contributed by atoms with Crippen molar-refractivity contribution in [1.82, 2.24) is 4.90 Å². The van der Waals surface area contributed by atoms with E-state index in [1.165, 1.54) is 0 Å². The summed E-state index contributed by atoms with van der Waals surface area (Å²) in [6, 6.07) is 4.94. The molecule has 0 bridgehead atoms. The number of carbonyl (C=O) groups excluding carboxylic acids is 2. The average molecular weight is 383 g/mol. The van der Waals surface area contributed by atoms with Crippen LogP contribution in [0.5, 0.6) is 0 Å². The first-order valence-corrected chi connectivity index (χ1v) is 9.09. The van der Waals surface area contributed by atoms with Crippen LogP contribution in [0.1, 0.15) is 12.8 Å². The summed E-state index contributed by atoms with van der Waals surface area (Å²) < 4.78 is 5.30. The first kappa shape index (κ1) is 18.2. The first-order valence-electron chi connectivity index (χ1n) is 8.33. The quantitative estimate of drug-likeness (QED) is 0.815. The van der Waals surface area contributed by atoms with Crippen molar-refractivity contribution in [1.29, 1.82) is 0 Å². The molecule has 0 aromatic heterocycles. The van der Waals surface area contributed by atoms with Crippen LogP contribution in [-0.4, -0.2) is 43.0 Å². The van der Waals surface area contributed by atoms with E-state index in [0.717, 1.165) is 0 Å². The molecule has 2 amide bonds. The number of allylic oxidation sites excluding steroid dienone is 2. The van der Waals surface area contributed by atoms with Crippen molar-refractivity contribution < 1.29 is 14.3 Å². The molecule has 0 unspecified atom stereocenters. The SMILES string of the molecule is O=C(Nc1ccc(Cl)c(Cl)c1)[C@@H]1CC=CC[C@@H]1C(=O)N1CCOCC1. The third-order valence-corrected chi connectivity index (χ3v) is 5.34. The van der Waals surface area contributed by atoms with E-state index in [1.54, 1.807) is 23.1 Å². The molecule has 1 heterocycles. The Morgan fingerprint density at radius 1 is 1.04 bits per heavy atom. The summed E-state index contributed by atoms with van der Waals surface area (Å²) in [5.74, 6) is -0.878. The number of ether oxygens (including phenoxy) is 1. The molecule has 1 aromatic carbocycles. The number of carbonyl (C=O) groups is 2. The molecule has 2 atom stereocenters. The minimum Gasteiger partial charge on any atom is -0.378 e. The molecule has 1 aliphatic carbocycles. The lowest BCUT2D eigenvalue weighted by Gasteiger charge is -2.34. The van der Waals surface area contributed by atoms with Gasteiger partial charge in [0, 0.05) is 18.8 Å². The Labute approximate surface area is 156 Å². The number of anilines is 1. The van der Waals surface area contributed by atoms with Crippen LogP contribution in [0.15, 0.2) is 30.4 Å². The van der Waals surface area contributed by atoms with E-state index < -0.39 is 5.92 Å². The minimum atomic E-state index is -0.394. The summed E-state index contributed by atoms with van der Waals surface area (Å²) in [6.07, 6.45) is 5.07. The van der Waals surface area contributed by atoms with Crippen LogP contribution in [0, 0.1) is 11.8 Å². The minimum absolute atomic E-state index is 0.0296. The molecule has 2 aliphatic rings. The third-order valence-electron chi connectivity index (χ3n) is 4.60. The highest BCUT2D eigenvalue weighted by atomic mass is 35.5. The molecule has 1 aromatic rings. The second-order valence-corrected chi connectivity index (χ2v) is 7.03. The summed E-state index contributed by atoms with van der Waals surface area (Å²) in [6.45, 7) is 2.27. The lowest BCUT2D eigenvalue weighted by atomic mass is 9.81. The van der Waals surface area contributed by atoms with Gasteiger partial charge in [0.05, 0.1) is 35.1 Å². The van der Waals surface area contributed by atoms with Gasteiger partial charge in [-0.05, 0) is 31.0 Å². The Kier molecular flexibility index (Phi) is 5.99. The van der Waals surface area contributed by atoms with Gasteiger partial charge in [-0.1, -0.05) is 35.4 Å². The van der Waals surface area contributed by atoms with Crippen molar-refractivity contribution in [2.45, 2.75) is 12.8 Å². The van der Waals surface area contributed by atoms with Gasteiger partial charge in [0.1, 0.15) is 0 Å². The van der Waals surface area contributed by atoms with Crippen LogP contribution < -0.4 is 5.32 Å². The van der Waals surface area contributed by atoms with E-state index in [9.17, 15) is 9.59 Å². The van der Waals surface area contributed by atoms with Gasteiger partial charge in [0.25, 0.3) is 0 Å². The Bertz CT molecular complexity index is 687. The maximum atomic E-state index is 12.8. The van der Waals surface area contributed by atoms with E-state index in [-0.39, 0.29) is 17.7 Å². The summed E-state index contributed by atoms with van der Waals surface area (Å²) >= 11 is 11.9. The second-order valence-electron chi connectivity index (χ2n) is 6.21. The smallest absolute Gasteiger partial charge is 0.228 e. The van der Waals surface area contributed by atoms with E-state index in [2.05, 4.69) is 5.32 Å². The summed E-state index contributed by atoms with van der Waals surface area (Å²) in [5.41, 5.74) is 0.575. The van der Waals surface area contributed by atoms with Crippen molar-refractivity contribution in [2.75, 3.05) is 31.6 Å². The highest BCUT2D eigenvalue weighted by molar-refractivity contribution is 6.42. The van der Waals surface area contributed by atoms with Gasteiger partial charge in [0.15, 0.2) is 0 Å². The van der Waals surface area contributed by atoms with Crippen molar-refractivity contribution in [2.24, 2.45) is 11.8 Å². The van der Waals surface area contributed by atoms with Gasteiger partial charge in [-0.3, -0.25) is 9.59 Å². The predicted octanol–water partition coefficient (Wildman–Crippen LogP) is 3.37. The molecule has 25 heavy (non-hydrogen) atoms. The molecule has 1 fully saturated rings. The number of hydrogen-bond donors (Lipinski definition) is 1. The number of nitrogens with zero attached hydrogens (tertiary/aromatic N) is 1. The number of hydrogen-bond acceptors (Lipinski definition) is 3. The van der Waals surface area contributed by atoms with Crippen molar-refractivity contribution >= 4 is 40.7 Å². The van der Waals surface area contributed by atoms with Gasteiger partial charge in [0.2, 0.25) is 11.8 Å². The molecule has 1 N–H and O–H groups in total. The zero-order chi connectivity index (χ0) is 17.8. The fraction of sp³-hybridized carbons (Fsp3) is 0.444. The third kappa shape index (κ3) is 4.35. The Hall–Kier alpha value is -1.56. The normalized spacial score (nSPS) is 23.4. The summed E-state index contributed by atoms with van der Waals surface area (Å²) in [7, 11) is 0. The van der Waals surface area contributed by atoms with Crippen molar-refractivity contribution in [3.05, 3.63) is 40.4 Å². The molecule has 5 nitrogen and oxygen atoms in total. The lowest BCUT2D eigenvalue weighted by molar-refractivity contribution is -0.144. The number of benzene rings is 1. The van der Waals surface area contributed by atoms with Gasteiger partial charge < -0.3 is 15.0 Å². The Morgan fingerprint density at radius 2 is 1.72 bits per heavy atom. The molecule has 134 valence electrons. The zero-order valence-electron chi connectivity index (χ0n) is 13.7. The summed E-state index contributed by atoms with van der Waals surface area (Å²) in [4.78, 5) is 27.4. The monoisotopic (exact) mass is 382 g/mol. The maximum Gasteiger partial charge on any atom is 0.228 e. The van der Waals surface area contributed by atoms with Crippen LogP contribution >= 0.6 is 23.2 Å². The van der Waals surface area contributed by atoms with Gasteiger partial charge in [-0.15, -0.1) is 0 Å². The van der Waals surface area contributed by atoms with Crippen LogP contribution in [-0.2, 0) is 14.3 Å². The van der Waals surface area contributed by atoms with Crippen LogP contribution in [0.25, 0.3) is 0 Å². The number of halogens is 2. The topological polar surface area (TPSA) is 58.6 Å². The zero-order valence-corrected chi connectivity index (χ0v) is 15.2. The molecule has 3 rings (SSSR count). The van der Waals surface area contributed by atoms with Crippen molar-refractivity contribution in [3.63, 3.8) is 0 Å². The predicted molar refractivity (Wildman–Crippen MR) is 97.8 cm³/mol. The highest BCUT2D eigenvalue weighted by Gasteiger charge is 2.36. The fourth-order valence-corrected chi connectivity index (χ4v) is 3.50. The molecule has 0 spiro atoms. The summed E-state index contributed by atoms with van der Waals surface area (Å²) in [5, 5.41) is 3.67. The number of morpholine rings is 1. The molecule has 1 saturated heterocycles. The highest BCUT2D eigenvalue weighted by Crippen LogP contribution is 2.30. The largest absolute Gasteiger partial charge is 0.378 e. The maximum absolute atomic E-state index is 12.8. The number of nitrogens with one attached hydrogen (secondary N) is 1. The van der Waals surface area contributed by atoms with Gasteiger partial charge in [-0.2, -0.15) is 0 Å². The van der Waals surface area contributed by atoms with Crippen LogP contribution in [0.4, 0.5) is 5.69 Å². The molecular weight excluding hydrogens is 363 g/mol. The van der Waals surface area contributed by atoms with E-state index in [0.29, 0.717) is 54.9 Å². The number of rotatable bonds is 3. The fourth-order valence-electron chi connectivity index (χ4n) is 3.20. The Morgan fingerprint density at radius 3 is 2.40 bits per heavy atom. The first-order chi connectivity index (χ1) is 12.1.